The van der Waals surface area contributed by atoms with Gasteiger partial charge in [0, 0.05) is 17.7 Å². The summed E-state index contributed by atoms with van der Waals surface area (Å²) >= 11 is 0. The quantitative estimate of drug-likeness (QED) is 0.633. The van der Waals surface area contributed by atoms with Gasteiger partial charge in [-0.05, 0) is 56.4 Å². The molecule has 0 saturated heterocycles. The first-order valence-corrected chi connectivity index (χ1v) is 7.68. The Hall–Kier alpha value is -1.49. The molecule has 2 unspecified atom stereocenters. The SMILES string of the molecule is CCOC(C1CC1)C(NN)c1ccc2nc(C)ccc2c1. The van der Waals surface area contributed by atoms with E-state index < -0.39 is 0 Å². The molecule has 1 fully saturated rings. The molecule has 1 heterocycles. The van der Waals surface area contributed by atoms with Crippen LogP contribution in [0.1, 0.15) is 37.1 Å². The van der Waals surface area contributed by atoms with Gasteiger partial charge in [0.2, 0.25) is 0 Å². The zero-order valence-electron chi connectivity index (χ0n) is 12.7. The summed E-state index contributed by atoms with van der Waals surface area (Å²) in [6, 6.07) is 10.5. The van der Waals surface area contributed by atoms with Crippen LogP contribution in [0.3, 0.4) is 0 Å². The van der Waals surface area contributed by atoms with E-state index in [0.717, 1.165) is 16.6 Å². The second kappa shape index (κ2) is 6.10. The molecule has 0 bridgehead atoms. The molecule has 2 atom stereocenters. The van der Waals surface area contributed by atoms with E-state index >= 15 is 0 Å². The lowest BCUT2D eigenvalue weighted by molar-refractivity contribution is 0.0186. The Balaban J connectivity index is 1.94. The molecule has 0 radical (unpaired) electrons. The molecule has 4 heteroatoms. The van der Waals surface area contributed by atoms with Gasteiger partial charge in [0.05, 0.1) is 17.7 Å². The van der Waals surface area contributed by atoms with Gasteiger partial charge in [-0.1, -0.05) is 12.1 Å². The zero-order valence-corrected chi connectivity index (χ0v) is 12.7. The van der Waals surface area contributed by atoms with Crippen molar-refractivity contribution in [2.45, 2.75) is 38.8 Å². The largest absolute Gasteiger partial charge is 0.376 e. The van der Waals surface area contributed by atoms with Crippen molar-refractivity contribution in [3.63, 3.8) is 0 Å². The number of rotatable bonds is 6. The highest BCUT2D eigenvalue weighted by atomic mass is 16.5. The van der Waals surface area contributed by atoms with Crippen LogP contribution >= 0.6 is 0 Å². The molecule has 3 N–H and O–H groups in total. The zero-order chi connectivity index (χ0) is 14.8. The highest BCUT2D eigenvalue weighted by Gasteiger charge is 2.37. The lowest BCUT2D eigenvalue weighted by Crippen LogP contribution is -2.39. The summed E-state index contributed by atoms with van der Waals surface area (Å²) < 4.78 is 5.95. The molecule has 1 saturated carbocycles. The summed E-state index contributed by atoms with van der Waals surface area (Å²) in [5.41, 5.74) is 6.18. The summed E-state index contributed by atoms with van der Waals surface area (Å²) in [5.74, 6) is 6.45. The fourth-order valence-corrected chi connectivity index (χ4v) is 2.94. The highest BCUT2D eigenvalue weighted by molar-refractivity contribution is 5.79. The molecule has 112 valence electrons. The summed E-state index contributed by atoms with van der Waals surface area (Å²) in [4.78, 5) is 4.55. The number of benzene rings is 1. The lowest BCUT2D eigenvalue weighted by atomic mass is 9.97. The van der Waals surface area contributed by atoms with Crippen LogP contribution in [0.2, 0.25) is 0 Å². The molecule has 1 aromatic carbocycles. The van der Waals surface area contributed by atoms with Gasteiger partial charge in [-0.25, -0.2) is 0 Å². The number of nitrogens with two attached hydrogens (primary N) is 1. The highest BCUT2D eigenvalue weighted by Crippen LogP contribution is 2.40. The van der Waals surface area contributed by atoms with Gasteiger partial charge in [-0.15, -0.1) is 0 Å². The molecule has 1 aromatic heterocycles. The topological polar surface area (TPSA) is 60.2 Å². The maximum absolute atomic E-state index is 5.95. The van der Waals surface area contributed by atoms with E-state index in [1.165, 1.54) is 18.4 Å². The maximum Gasteiger partial charge on any atom is 0.0810 e. The Morgan fingerprint density at radius 3 is 2.81 bits per heavy atom. The number of hydrogen-bond acceptors (Lipinski definition) is 4. The summed E-state index contributed by atoms with van der Waals surface area (Å²) in [7, 11) is 0. The van der Waals surface area contributed by atoms with Gasteiger partial charge < -0.3 is 4.74 Å². The van der Waals surface area contributed by atoms with Crippen LogP contribution < -0.4 is 11.3 Å². The first-order valence-electron chi connectivity index (χ1n) is 7.68. The molecule has 1 aliphatic carbocycles. The van der Waals surface area contributed by atoms with Crippen molar-refractivity contribution in [1.82, 2.24) is 10.4 Å². The van der Waals surface area contributed by atoms with E-state index in [9.17, 15) is 0 Å². The number of hydrazine groups is 1. The van der Waals surface area contributed by atoms with E-state index in [0.29, 0.717) is 12.5 Å². The summed E-state index contributed by atoms with van der Waals surface area (Å²) in [6.45, 7) is 4.76. The fourth-order valence-electron chi connectivity index (χ4n) is 2.94. The van der Waals surface area contributed by atoms with Crippen LogP contribution in [-0.4, -0.2) is 17.7 Å². The van der Waals surface area contributed by atoms with Gasteiger partial charge in [0.25, 0.3) is 0 Å². The standard InChI is InChI=1S/C17H23N3O/c1-3-21-17(12-6-7-12)16(20-18)14-8-9-15-13(10-14)5-4-11(2)19-15/h4-5,8-10,12,16-17,20H,3,6-7,18H2,1-2H3. The van der Waals surface area contributed by atoms with Gasteiger partial charge in [0.15, 0.2) is 0 Å². The van der Waals surface area contributed by atoms with E-state index in [2.05, 4.69) is 34.7 Å². The number of hydrogen-bond donors (Lipinski definition) is 2. The number of aromatic nitrogens is 1. The van der Waals surface area contributed by atoms with Crippen LogP contribution in [0, 0.1) is 12.8 Å². The molecular formula is C17H23N3O. The number of fused-ring (bicyclic) bond motifs is 1. The van der Waals surface area contributed by atoms with Gasteiger partial charge in [-0.3, -0.25) is 16.3 Å². The molecule has 0 spiro atoms. The molecule has 3 rings (SSSR count). The number of ether oxygens (including phenoxy) is 1. The normalized spacial score (nSPS) is 17.9. The van der Waals surface area contributed by atoms with Crippen molar-refractivity contribution in [2.24, 2.45) is 11.8 Å². The second-order valence-electron chi connectivity index (χ2n) is 5.81. The Morgan fingerprint density at radius 1 is 1.33 bits per heavy atom. The maximum atomic E-state index is 5.95. The average molecular weight is 285 g/mol. The van der Waals surface area contributed by atoms with Crippen LogP contribution in [0.25, 0.3) is 10.9 Å². The number of aryl methyl sites for hydroxylation is 1. The smallest absolute Gasteiger partial charge is 0.0810 e. The van der Waals surface area contributed by atoms with Crippen molar-refractivity contribution in [2.75, 3.05) is 6.61 Å². The van der Waals surface area contributed by atoms with Crippen molar-refractivity contribution in [3.05, 3.63) is 41.6 Å². The first kappa shape index (κ1) is 14.4. The van der Waals surface area contributed by atoms with Gasteiger partial charge >= 0.3 is 0 Å². The monoisotopic (exact) mass is 285 g/mol. The van der Waals surface area contributed by atoms with Crippen LogP contribution in [0.5, 0.6) is 0 Å². The van der Waals surface area contributed by atoms with Crippen molar-refractivity contribution in [3.8, 4) is 0 Å². The van der Waals surface area contributed by atoms with E-state index in [4.69, 9.17) is 10.6 Å². The lowest BCUT2D eigenvalue weighted by Gasteiger charge is -2.27. The van der Waals surface area contributed by atoms with Gasteiger partial charge in [-0.2, -0.15) is 0 Å². The van der Waals surface area contributed by atoms with Crippen LogP contribution in [-0.2, 0) is 4.74 Å². The third-order valence-electron chi connectivity index (χ3n) is 4.17. The van der Waals surface area contributed by atoms with Crippen molar-refractivity contribution >= 4 is 10.9 Å². The predicted octanol–water partition coefficient (Wildman–Crippen LogP) is 2.86. The number of pyridine rings is 1. The minimum absolute atomic E-state index is 0.0307. The Bertz CT molecular complexity index is 624. The van der Waals surface area contributed by atoms with Crippen molar-refractivity contribution < 1.29 is 4.74 Å². The molecule has 4 nitrogen and oxygen atoms in total. The van der Waals surface area contributed by atoms with E-state index in [-0.39, 0.29) is 12.1 Å². The Kier molecular flexibility index (Phi) is 4.19. The van der Waals surface area contributed by atoms with Crippen molar-refractivity contribution in [1.29, 1.82) is 0 Å². The first-order chi connectivity index (χ1) is 10.2. The Morgan fingerprint density at radius 2 is 2.14 bits per heavy atom. The molecule has 0 amide bonds. The molecular weight excluding hydrogens is 262 g/mol. The molecule has 2 aromatic rings. The van der Waals surface area contributed by atoms with E-state index in [1.807, 2.05) is 19.9 Å². The predicted molar refractivity (Wildman–Crippen MR) is 84.7 cm³/mol. The third kappa shape index (κ3) is 3.07. The number of nitrogens with zero attached hydrogens (tertiary/aromatic N) is 1. The van der Waals surface area contributed by atoms with Gasteiger partial charge in [0.1, 0.15) is 0 Å². The second-order valence-corrected chi connectivity index (χ2v) is 5.81. The Labute approximate surface area is 125 Å². The van der Waals surface area contributed by atoms with E-state index in [1.54, 1.807) is 0 Å². The summed E-state index contributed by atoms with van der Waals surface area (Å²) in [6.07, 6.45) is 2.62. The summed E-state index contributed by atoms with van der Waals surface area (Å²) in [5, 5.41) is 1.14. The van der Waals surface area contributed by atoms with Crippen LogP contribution in [0.4, 0.5) is 0 Å². The molecule has 21 heavy (non-hydrogen) atoms. The average Bonchev–Trinajstić information content (AvgIpc) is 3.31. The minimum Gasteiger partial charge on any atom is -0.376 e. The fraction of sp³-hybridized carbons (Fsp3) is 0.471. The molecule has 1 aliphatic rings. The number of nitrogens with one attached hydrogen (secondary N) is 1. The minimum atomic E-state index is 0.0307. The third-order valence-corrected chi connectivity index (χ3v) is 4.17. The van der Waals surface area contributed by atoms with Crippen LogP contribution in [0.15, 0.2) is 30.3 Å². The molecule has 0 aliphatic heterocycles.